The Kier molecular flexibility index (Phi) is 3.65. The fourth-order valence-corrected chi connectivity index (χ4v) is 2.26. The first-order valence-corrected chi connectivity index (χ1v) is 6.27. The van der Waals surface area contributed by atoms with E-state index in [1.54, 1.807) is 0 Å². The summed E-state index contributed by atoms with van der Waals surface area (Å²) in [7, 11) is 0. The summed E-state index contributed by atoms with van der Waals surface area (Å²) in [5.41, 5.74) is 7.22. The van der Waals surface area contributed by atoms with Crippen LogP contribution in [0.15, 0.2) is 6.07 Å². The zero-order valence-electron chi connectivity index (χ0n) is 10.7. The van der Waals surface area contributed by atoms with Crippen LogP contribution in [0.25, 0.3) is 0 Å². The first-order valence-electron chi connectivity index (χ1n) is 5.47. The van der Waals surface area contributed by atoms with E-state index in [0.717, 1.165) is 6.42 Å². The topological polar surface area (TPSA) is 0 Å². The van der Waals surface area contributed by atoms with Gasteiger partial charge in [-0.2, -0.15) is 0 Å². The van der Waals surface area contributed by atoms with Crippen LogP contribution in [0.4, 0.5) is 0 Å². The van der Waals surface area contributed by atoms with E-state index < -0.39 is 0 Å². The Hall–Kier alpha value is -0.300. The Morgan fingerprint density at radius 3 is 1.73 bits per heavy atom. The fraction of sp³-hybridized carbons (Fsp3) is 0.571. The Morgan fingerprint density at radius 2 is 1.40 bits per heavy atom. The number of halogens is 1. The Morgan fingerprint density at radius 1 is 1.00 bits per heavy atom. The van der Waals surface area contributed by atoms with Gasteiger partial charge >= 0.3 is 0 Å². The standard InChI is InChI=1S/C14H21Br/c1-9-7-10(2)12(4)13(11(9)3)8-14(5,6)15/h7H,8H2,1-6H3. The summed E-state index contributed by atoms with van der Waals surface area (Å²) in [6.45, 7) is 13.3. The molecular weight excluding hydrogens is 248 g/mol. The van der Waals surface area contributed by atoms with Gasteiger partial charge in [-0.1, -0.05) is 22.0 Å². The summed E-state index contributed by atoms with van der Waals surface area (Å²) < 4.78 is 0.183. The molecule has 0 unspecified atom stereocenters. The summed E-state index contributed by atoms with van der Waals surface area (Å²) in [5.74, 6) is 0. The lowest BCUT2D eigenvalue weighted by Gasteiger charge is -2.22. The van der Waals surface area contributed by atoms with Gasteiger partial charge in [-0.3, -0.25) is 0 Å². The van der Waals surface area contributed by atoms with Gasteiger partial charge in [0.05, 0.1) is 0 Å². The number of alkyl halides is 1. The largest absolute Gasteiger partial charge is 0.0856 e. The van der Waals surface area contributed by atoms with Crippen LogP contribution < -0.4 is 0 Å². The molecule has 84 valence electrons. The van der Waals surface area contributed by atoms with Gasteiger partial charge in [0.15, 0.2) is 0 Å². The molecule has 0 heterocycles. The average Bonchev–Trinajstić information content (AvgIpc) is 2.08. The van der Waals surface area contributed by atoms with Gasteiger partial charge in [-0.15, -0.1) is 0 Å². The van der Waals surface area contributed by atoms with Crippen molar-refractivity contribution >= 4 is 15.9 Å². The SMILES string of the molecule is Cc1cc(C)c(C)c(CC(C)(C)Br)c1C. The molecule has 0 aromatic heterocycles. The molecule has 0 N–H and O–H groups in total. The maximum absolute atomic E-state index is 3.73. The molecule has 0 radical (unpaired) electrons. The zero-order valence-corrected chi connectivity index (χ0v) is 12.2. The van der Waals surface area contributed by atoms with E-state index in [-0.39, 0.29) is 4.32 Å². The summed E-state index contributed by atoms with van der Waals surface area (Å²) in [6, 6.07) is 2.29. The van der Waals surface area contributed by atoms with Gasteiger partial charge in [0.1, 0.15) is 0 Å². The minimum absolute atomic E-state index is 0.183. The first kappa shape index (κ1) is 12.8. The van der Waals surface area contributed by atoms with Crippen LogP contribution in [0.2, 0.25) is 0 Å². The highest BCUT2D eigenvalue weighted by atomic mass is 79.9. The molecule has 15 heavy (non-hydrogen) atoms. The lowest BCUT2D eigenvalue weighted by Crippen LogP contribution is -2.16. The van der Waals surface area contributed by atoms with Crippen molar-refractivity contribution in [3.8, 4) is 0 Å². The number of hydrogen-bond donors (Lipinski definition) is 0. The first-order chi connectivity index (χ1) is 6.72. The minimum atomic E-state index is 0.183. The Labute approximate surface area is 102 Å². The molecule has 0 saturated heterocycles. The quantitative estimate of drug-likeness (QED) is 0.686. The highest BCUT2D eigenvalue weighted by molar-refractivity contribution is 9.10. The maximum Gasteiger partial charge on any atom is 0.0242 e. The van der Waals surface area contributed by atoms with Crippen LogP contribution in [0.3, 0.4) is 0 Å². The van der Waals surface area contributed by atoms with Crippen molar-refractivity contribution in [3.05, 3.63) is 33.9 Å². The van der Waals surface area contributed by atoms with Gasteiger partial charge in [0.2, 0.25) is 0 Å². The van der Waals surface area contributed by atoms with E-state index in [1.165, 1.54) is 27.8 Å². The van der Waals surface area contributed by atoms with Crippen molar-refractivity contribution in [2.45, 2.75) is 52.3 Å². The molecule has 0 fully saturated rings. The van der Waals surface area contributed by atoms with Crippen LogP contribution >= 0.6 is 15.9 Å². The smallest absolute Gasteiger partial charge is 0.0242 e. The second-order valence-electron chi connectivity index (χ2n) is 5.13. The maximum atomic E-state index is 3.73. The van der Waals surface area contributed by atoms with E-state index in [4.69, 9.17) is 0 Å². The minimum Gasteiger partial charge on any atom is -0.0856 e. The Balaban J connectivity index is 3.27. The summed E-state index contributed by atoms with van der Waals surface area (Å²) in [6.07, 6.45) is 1.09. The van der Waals surface area contributed by atoms with Crippen molar-refractivity contribution in [2.24, 2.45) is 0 Å². The Bertz CT molecular complexity index is 344. The number of rotatable bonds is 2. The lowest BCUT2D eigenvalue weighted by molar-refractivity contribution is 0.716. The van der Waals surface area contributed by atoms with Crippen molar-refractivity contribution in [2.75, 3.05) is 0 Å². The third-order valence-electron chi connectivity index (χ3n) is 3.12. The highest BCUT2D eigenvalue weighted by Gasteiger charge is 2.18. The number of hydrogen-bond acceptors (Lipinski definition) is 0. The molecule has 1 aromatic carbocycles. The lowest BCUT2D eigenvalue weighted by atomic mass is 9.89. The normalized spacial score (nSPS) is 11.9. The molecule has 0 amide bonds. The highest BCUT2D eigenvalue weighted by Crippen LogP contribution is 2.29. The molecule has 0 saturated carbocycles. The fourth-order valence-electron chi connectivity index (χ4n) is 1.98. The summed E-state index contributed by atoms with van der Waals surface area (Å²) >= 11 is 3.73. The monoisotopic (exact) mass is 268 g/mol. The van der Waals surface area contributed by atoms with Gasteiger partial charge < -0.3 is 0 Å². The molecule has 0 atom stereocenters. The van der Waals surface area contributed by atoms with Gasteiger partial charge in [0, 0.05) is 4.32 Å². The van der Waals surface area contributed by atoms with E-state index in [0.29, 0.717) is 0 Å². The summed E-state index contributed by atoms with van der Waals surface area (Å²) in [4.78, 5) is 0. The van der Waals surface area contributed by atoms with Crippen molar-refractivity contribution in [1.29, 1.82) is 0 Å². The van der Waals surface area contributed by atoms with E-state index in [2.05, 4.69) is 63.5 Å². The van der Waals surface area contributed by atoms with E-state index in [9.17, 15) is 0 Å². The van der Waals surface area contributed by atoms with Gasteiger partial charge in [0.25, 0.3) is 0 Å². The van der Waals surface area contributed by atoms with Crippen LogP contribution in [0, 0.1) is 27.7 Å². The van der Waals surface area contributed by atoms with Crippen molar-refractivity contribution in [1.82, 2.24) is 0 Å². The molecule has 1 heteroatoms. The second kappa shape index (κ2) is 4.29. The molecule has 0 nitrogen and oxygen atoms in total. The van der Waals surface area contributed by atoms with Crippen LogP contribution in [0.5, 0.6) is 0 Å². The molecule has 0 aliphatic heterocycles. The molecule has 0 bridgehead atoms. The number of benzene rings is 1. The zero-order chi connectivity index (χ0) is 11.8. The van der Waals surface area contributed by atoms with Gasteiger partial charge in [-0.25, -0.2) is 0 Å². The molecule has 1 aromatic rings. The second-order valence-corrected chi connectivity index (χ2v) is 7.28. The predicted molar refractivity (Wildman–Crippen MR) is 72.1 cm³/mol. The third-order valence-corrected chi connectivity index (χ3v) is 3.40. The molecule has 0 aliphatic carbocycles. The summed E-state index contributed by atoms with van der Waals surface area (Å²) in [5, 5.41) is 0. The van der Waals surface area contributed by atoms with Crippen LogP contribution in [-0.4, -0.2) is 4.32 Å². The van der Waals surface area contributed by atoms with E-state index in [1.807, 2.05) is 0 Å². The molecule has 1 rings (SSSR count). The van der Waals surface area contributed by atoms with Gasteiger partial charge in [-0.05, 0) is 75.8 Å². The predicted octanol–water partition coefficient (Wildman–Crippen LogP) is 4.64. The molecular formula is C14H21Br. The van der Waals surface area contributed by atoms with Crippen molar-refractivity contribution < 1.29 is 0 Å². The van der Waals surface area contributed by atoms with Crippen LogP contribution in [-0.2, 0) is 6.42 Å². The van der Waals surface area contributed by atoms with E-state index >= 15 is 0 Å². The molecule has 0 aliphatic rings. The van der Waals surface area contributed by atoms with Crippen LogP contribution in [0.1, 0.15) is 41.7 Å². The number of aryl methyl sites for hydroxylation is 2. The third kappa shape index (κ3) is 3.07. The van der Waals surface area contributed by atoms with Crippen molar-refractivity contribution in [3.63, 3.8) is 0 Å². The molecule has 0 spiro atoms. The average molecular weight is 269 g/mol.